The molecule has 0 radical (unpaired) electrons. The van der Waals surface area contributed by atoms with E-state index >= 15 is 0 Å². The minimum Gasteiger partial charge on any atom is -0.234 e. The summed E-state index contributed by atoms with van der Waals surface area (Å²) in [5.41, 5.74) is 0. The third kappa shape index (κ3) is 25.4. The number of nitrogens with zero attached hydrogens (tertiary/aromatic N) is 2. The predicted molar refractivity (Wildman–Crippen MR) is 198 cm³/mol. The Morgan fingerprint density at radius 3 is 1.09 bits per heavy atom. The molecule has 0 aliphatic carbocycles. The minimum absolute atomic E-state index is 1.23. The SMILES string of the molecule is CCCCCCCCCCCCCCCC[n+]1ccn(CCCCCCCC)c1CCCCCCCCCCCCCCC. The van der Waals surface area contributed by atoms with Crippen LogP contribution in [0.1, 0.15) is 238 Å². The molecule has 1 rings (SSSR count). The smallest absolute Gasteiger partial charge is 0.234 e. The number of hydrogen-bond acceptors (Lipinski definition) is 0. The first-order chi connectivity index (χ1) is 21.8. The molecule has 1 aromatic heterocycles. The molecule has 0 bridgehead atoms. The molecule has 0 saturated carbocycles. The second kappa shape index (κ2) is 33.6. The Labute approximate surface area is 279 Å². The van der Waals surface area contributed by atoms with Gasteiger partial charge in [-0.15, -0.1) is 0 Å². The average Bonchev–Trinajstić information content (AvgIpc) is 3.42. The summed E-state index contributed by atoms with van der Waals surface area (Å²) in [4.78, 5) is 0. The Kier molecular flexibility index (Phi) is 31.5. The second-order valence-electron chi connectivity index (χ2n) is 14.5. The van der Waals surface area contributed by atoms with Gasteiger partial charge in [-0.1, -0.05) is 201 Å². The summed E-state index contributed by atoms with van der Waals surface area (Å²) in [5.74, 6) is 1.62. The Morgan fingerprint density at radius 1 is 0.386 bits per heavy atom. The van der Waals surface area contributed by atoms with Crippen LogP contribution in [0, 0.1) is 0 Å². The molecule has 0 fully saturated rings. The number of hydrogen-bond donors (Lipinski definition) is 0. The lowest BCUT2D eigenvalue weighted by Crippen LogP contribution is -2.37. The zero-order valence-corrected chi connectivity index (χ0v) is 31.0. The van der Waals surface area contributed by atoms with E-state index in [1.165, 1.54) is 231 Å². The van der Waals surface area contributed by atoms with E-state index < -0.39 is 0 Å². The first kappa shape index (κ1) is 41.2. The van der Waals surface area contributed by atoms with Gasteiger partial charge in [-0.25, -0.2) is 9.13 Å². The number of imidazole rings is 1. The lowest BCUT2D eigenvalue weighted by molar-refractivity contribution is -0.704. The van der Waals surface area contributed by atoms with E-state index in [9.17, 15) is 0 Å². The monoisotopic (exact) mass is 616 g/mol. The fourth-order valence-corrected chi connectivity index (χ4v) is 7.03. The maximum absolute atomic E-state index is 2.64. The summed E-state index contributed by atoms with van der Waals surface area (Å²) in [6, 6.07) is 0. The fraction of sp³-hybridized carbons (Fsp3) is 0.929. The molecule has 0 aliphatic heterocycles. The van der Waals surface area contributed by atoms with Gasteiger partial charge in [0.05, 0.1) is 13.1 Å². The summed E-state index contributed by atoms with van der Waals surface area (Å²) < 4.78 is 5.27. The van der Waals surface area contributed by atoms with Crippen molar-refractivity contribution in [3.05, 3.63) is 18.2 Å². The molecule has 1 aromatic rings. The molecule has 0 N–H and O–H groups in total. The molecule has 260 valence electrons. The van der Waals surface area contributed by atoms with Crippen molar-refractivity contribution in [2.45, 2.75) is 252 Å². The molecule has 2 nitrogen and oxygen atoms in total. The van der Waals surface area contributed by atoms with Gasteiger partial charge in [0.2, 0.25) is 0 Å². The lowest BCUT2D eigenvalue weighted by Gasteiger charge is -2.07. The molecule has 0 atom stereocenters. The van der Waals surface area contributed by atoms with Gasteiger partial charge < -0.3 is 0 Å². The van der Waals surface area contributed by atoms with Crippen LogP contribution < -0.4 is 4.57 Å². The van der Waals surface area contributed by atoms with E-state index in [-0.39, 0.29) is 0 Å². The van der Waals surface area contributed by atoms with Crippen LogP contribution in [0.5, 0.6) is 0 Å². The normalized spacial score (nSPS) is 11.6. The van der Waals surface area contributed by atoms with Crippen molar-refractivity contribution < 1.29 is 4.57 Å². The predicted octanol–water partition coefficient (Wildman–Crippen LogP) is 14.3. The largest absolute Gasteiger partial charge is 0.256 e. The Hall–Kier alpha value is -0.790. The molecular weight excluding hydrogens is 532 g/mol. The summed E-state index contributed by atoms with van der Waals surface area (Å²) in [6.45, 7) is 9.40. The van der Waals surface area contributed by atoms with Crippen LogP contribution >= 0.6 is 0 Å². The van der Waals surface area contributed by atoms with Crippen molar-refractivity contribution in [2.24, 2.45) is 0 Å². The van der Waals surface area contributed by atoms with Gasteiger partial charge in [0.1, 0.15) is 12.4 Å². The Bertz CT molecular complexity index is 677. The highest BCUT2D eigenvalue weighted by Gasteiger charge is 2.16. The van der Waals surface area contributed by atoms with E-state index in [0.717, 1.165) is 0 Å². The zero-order chi connectivity index (χ0) is 31.6. The van der Waals surface area contributed by atoms with Crippen LogP contribution in [0.15, 0.2) is 12.4 Å². The van der Waals surface area contributed by atoms with Gasteiger partial charge in [-0.2, -0.15) is 0 Å². The quantitative estimate of drug-likeness (QED) is 0.0524. The Morgan fingerprint density at radius 2 is 0.705 bits per heavy atom. The van der Waals surface area contributed by atoms with Gasteiger partial charge in [0.15, 0.2) is 0 Å². The van der Waals surface area contributed by atoms with Gasteiger partial charge >= 0.3 is 0 Å². The first-order valence-electron chi connectivity index (χ1n) is 20.9. The van der Waals surface area contributed by atoms with Crippen molar-refractivity contribution >= 4 is 0 Å². The molecule has 0 aromatic carbocycles. The van der Waals surface area contributed by atoms with Gasteiger partial charge in [-0.05, 0) is 32.1 Å². The van der Waals surface area contributed by atoms with E-state index in [1.807, 2.05) is 0 Å². The summed E-state index contributed by atoms with van der Waals surface area (Å²) >= 11 is 0. The van der Waals surface area contributed by atoms with Crippen molar-refractivity contribution in [3.8, 4) is 0 Å². The highest BCUT2D eigenvalue weighted by molar-refractivity contribution is 4.84. The first-order valence-corrected chi connectivity index (χ1v) is 20.9. The van der Waals surface area contributed by atoms with Crippen molar-refractivity contribution in [1.82, 2.24) is 4.57 Å². The van der Waals surface area contributed by atoms with Crippen LogP contribution in [-0.4, -0.2) is 4.57 Å². The highest BCUT2D eigenvalue weighted by atomic mass is 15.1. The number of unbranched alkanes of at least 4 members (excludes halogenated alkanes) is 30. The third-order valence-corrected chi connectivity index (χ3v) is 10.1. The van der Waals surface area contributed by atoms with Crippen molar-refractivity contribution in [1.29, 1.82) is 0 Å². The van der Waals surface area contributed by atoms with E-state index in [0.29, 0.717) is 0 Å². The van der Waals surface area contributed by atoms with E-state index in [2.05, 4.69) is 42.3 Å². The van der Waals surface area contributed by atoms with Crippen LogP contribution in [0.2, 0.25) is 0 Å². The summed E-state index contributed by atoms with van der Waals surface area (Å²) in [6.07, 6.45) is 53.4. The van der Waals surface area contributed by atoms with Gasteiger partial charge in [-0.3, -0.25) is 0 Å². The maximum atomic E-state index is 2.64. The van der Waals surface area contributed by atoms with Crippen LogP contribution in [-0.2, 0) is 19.5 Å². The molecule has 2 heteroatoms. The third-order valence-electron chi connectivity index (χ3n) is 10.1. The summed E-state index contributed by atoms with van der Waals surface area (Å²) in [5, 5.41) is 0. The van der Waals surface area contributed by atoms with Crippen molar-refractivity contribution in [2.75, 3.05) is 0 Å². The number of aromatic nitrogens is 2. The van der Waals surface area contributed by atoms with Crippen molar-refractivity contribution in [3.63, 3.8) is 0 Å². The van der Waals surface area contributed by atoms with E-state index in [4.69, 9.17) is 0 Å². The standard InChI is InChI=1S/C42H83N2/c1-4-7-10-13-16-18-20-22-24-26-28-30-33-36-39-44-41-40-43(38-35-32-15-12-9-6-3)42(44)37-34-31-29-27-25-23-21-19-17-14-11-8-5-2/h40-41H,4-39H2,1-3H3/q+1. The molecule has 0 unspecified atom stereocenters. The zero-order valence-electron chi connectivity index (χ0n) is 31.0. The maximum Gasteiger partial charge on any atom is 0.256 e. The van der Waals surface area contributed by atoms with Crippen LogP contribution in [0.4, 0.5) is 0 Å². The molecule has 0 spiro atoms. The number of rotatable bonds is 36. The molecule has 1 heterocycles. The topological polar surface area (TPSA) is 8.81 Å². The lowest BCUT2D eigenvalue weighted by atomic mass is 10.0. The van der Waals surface area contributed by atoms with Gasteiger partial charge in [0.25, 0.3) is 5.82 Å². The minimum atomic E-state index is 1.23. The molecular formula is C42H83N2+. The molecule has 0 aliphatic rings. The van der Waals surface area contributed by atoms with E-state index in [1.54, 1.807) is 5.82 Å². The summed E-state index contributed by atoms with van der Waals surface area (Å²) in [7, 11) is 0. The van der Waals surface area contributed by atoms with Gasteiger partial charge in [0, 0.05) is 6.42 Å². The van der Waals surface area contributed by atoms with Crippen LogP contribution in [0.25, 0.3) is 0 Å². The molecule has 0 saturated heterocycles. The average molecular weight is 616 g/mol. The fourth-order valence-electron chi connectivity index (χ4n) is 7.03. The Balaban J connectivity index is 2.23. The number of aryl methyl sites for hydroxylation is 2. The molecule has 44 heavy (non-hydrogen) atoms. The second-order valence-corrected chi connectivity index (χ2v) is 14.5. The van der Waals surface area contributed by atoms with Crippen LogP contribution in [0.3, 0.4) is 0 Å². The molecule has 0 amide bonds. The highest BCUT2D eigenvalue weighted by Crippen LogP contribution is 2.16.